The fourth-order valence-electron chi connectivity index (χ4n) is 2.33. The molecule has 0 saturated carbocycles. The summed E-state index contributed by atoms with van der Waals surface area (Å²) in [5, 5.41) is 0.226. The molecule has 0 spiro atoms. The van der Waals surface area contributed by atoms with Crippen LogP contribution in [0, 0.1) is 0 Å². The van der Waals surface area contributed by atoms with E-state index in [0.717, 1.165) is 19.4 Å². The Balaban J connectivity index is 2.47. The largest absolute Gasteiger partial charge is 0.443 e. The quantitative estimate of drug-likeness (QED) is 0.731. The molecule has 0 N–H and O–H groups in total. The summed E-state index contributed by atoms with van der Waals surface area (Å²) < 4.78 is 7.42. The number of carbonyl (C=O) groups excluding carboxylic acids is 1. The molecular weight excluding hydrogens is 342 g/mol. The van der Waals surface area contributed by atoms with Gasteiger partial charge in [0.1, 0.15) is 11.1 Å². The zero-order valence-electron chi connectivity index (χ0n) is 15.7. The van der Waals surface area contributed by atoms with Crippen molar-refractivity contribution in [3.8, 4) is 0 Å². The van der Waals surface area contributed by atoms with Gasteiger partial charge in [-0.05, 0) is 41.0 Å². The Morgan fingerprint density at radius 3 is 2.60 bits per heavy atom. The Morgan fingerprint density at radius 2 is 2.04 bits per heavy atom. The highest BCUT2D eigenvalue weighted by molar-refractivity contribution is 6.33. The van der Waals surface area contributed by atoms with Crippen molar-refractivity contribution >= 4 is 34.8 Å². The van der Waals surface area contributed by atoms with E-state index in [-0.39, 0.29) is 17.1 Å². The number of aromatic nitrogens is 4. The maximum absolute atomic E-state index is 12.6. The summed E-state index contributed by atoms with van der Waals surface area (Å²) in [6.07, 6.45) is 3.26. The van der Waals surface area contributed by atoms with Gasteiger partial charge in [-0.15, -0.1) is 0 Å². The summed E-state index contributed by atoms with van der Waals surface area (Å²) in [4.78, 5) is 27.1. The molecule has 0 aliphatic rings. The van der Waals surface area contributed by atoms with E-state index in [4.69, 9.17) is 16.3 Å². The van der Waals surface area contributed by atoms with Gasteiger partial charge in [-0.1, -0.05) is 24.9 Å². The van der Waals surface area contributed by atoms with Crippen molar-refractivity contribution in [1.82, 2.24) is 19.5 Å². The van der Waals surface area contributed by atoms with Gasteiger partial charge in [-0.3, -0.25) is 0 Å². The van der Waals surface area contributed by atoms with Crippen LogP contribution in [-0.2, 0) is 11.3 Å². The molecule has 0 aliphatic heterocycles. The Labute approximate surface area is 153 Å². The first-order valence-corrected chi connectivity index (χ1v) is 8.92. The molecule has 0 bridgehead atoms. The average Bonchev–Trinajstić information content (AvgIpc) is 2.86. The lowest BCUT2D eigenvalue weighted by atomic mass is 10.2. The number of imidazole rings is 1. The van der Waals surface area contributed by atoms with Gasteiger partial charge in [0.2, 0.25) is 5.95 Å². The van der Waals surface area contributed by atoms with Gasteiger partial charge in [0, 0.05) is 12.6 Å². The van der Waals surface area contributed by atoms with Crippen molar-refractivity contribution in [1.29, 1.82) is 0 Å². The first-order valence-electron chi connectivity index (χ1n) is 8.54. The Bertz CT molecular complexity index is 751. The lowest BCUT2D eigenvalue weighted by molar-refractivity contribution is 0.0568. The van der Waals surface area contributed by atoms with Gasteiger partial charge in [0.25, 0.3) is 0 Å². The van der Waals surface area contributed by atoms with Crippen LogP contribution in [0.25, 0.3) is 11.2 Å². The molecule has 0 fully saturated rings. The number of hydrogen-bond donors (Lipinski definition) is 0. The lowest BCUT2D eigenvalue weighted by Gasteiger charge is -2.28. The van der Waals surface area contributed by atoms with Crippen LogP contribution in [-0.4, -0.2) is 37.3 Å². The van der Waals surface area contributed by atoms with Gasteiger partial charge < -0.3 is 9.30 Å². The van der Waals surface area contributed by atoms with E-state index in [2.05, 4.69) is 21.9 Å². The molecule has 2 rings (SSSR count). The molecule has 138 valence electrons. The summed E-state index contributed by atoms with van der Waals surface area (Å²) in [6.45, 7) is 12.1. The van der Waals surface area contributed by atoms with Crippen LogP contribution in [0.15, 0.2) is 6.33 Å². The predicted molar refractivity (Wildman–Crippen MR) is 99.1 cm³/mol. The van der Waals surface area contributed by atoms with Gasteiger partial charge >= 0.3 is 6.09 Å². The van der Waals surface area contributed by atoms with Crippen molar-refractivity contribution in [3.05, 3.63) is 11.5 Å². The fraction of sp³-hybridized carbons (Fsp3) is 0.647. The number of fused-ring (bicyclic) bond motifs is 1. The van der Waals surface area contributed by atoms with Crippen LogP contribution in [0.1, 0.15) is 54.4 Å². The molecule has 2 heterocycles. The highest BCUT2D eigenvalue weighted by Crippen LogP contribution is 2.25. The first kappa shape index (κ1) is 19.4. The highest BCUT2D eigenvalue weighted by Gasteiger charge is 2.28. The Kier molecular flexibility index (Phi) is 5.87. The number of anilines is 1. The van der Waals surface area contributed by atoms with Gasteiger partial charge in [0.15, 0.2) is 10.8 Å². The molecule has 7 nitrogen and oxygen atoms in total. The lowest BCUT2D eigenvalue weighted by Crippen LogP contribution is -2.42. The predicted octanol–water partition coefficient (Wildman–Crippen LogP) is 4.43. The minimum absolute atomic E-state index is 0.185. The minimum atomic E-state index is -0.610. The number of hydrogen-bond acceptors (Lipinski definition) is 5. The summed E-state index contributed by atoms with van der Waals surface area (Å²) >= 11 is 6.29. The summed E-state index contributed by atoms with van der Waals surface area (Å²) in [5.74, 6) is 0.222. The van der Waals surface area contributed by atoms with Crippen LogP contribution in [0.3, 0.4) is 0 Å². The molecule has 0 saturated heterocycles. The number of amides is 1. The van der Waals surface area contributed by atoms with E-state index < -0.39 is 11.7 Å². The second-order valence-corrected chi connectivity index (χ2v) is 7.58. The second-order valence-electron chi connectivity index (χ2n) is 7.22. The highest BCUT2D eigenvalue weighted by atomic mass is 35.5. The smallest absolute Gasteiger partial charge is 0.417 e. The molecule has 2 aromatic heterocycles. The SMILES string of the molecule is CCCCn1cnc2c(Cl)nc(N(C(=O)OC(C)(C)C)C(C)C)nc21. The molecule has 8 heteroatoms. The standard InChI is InChI=1S/C17H26ClN5O2/c1-7-8-9-22-10-19-12-13(18)20-15(21-14(12)22)23(11(2)3)16(24)25-17(4,5)6/h10-11H,7-9H2,1-6H3. The van der Waals surface area contributed by atoms with Crippen molar-refractivity contribution < 1.29 is 9.53 Å². The van der Waals surface area contributed by atoms with E-state index in [1.165, 1.54) is 4.90 Å². The van der Waals surface area contributed by atoms with Crippen molar-refractivity contribution in [3.63, 3.8) is 0 Å². The summed E-state index contributed by atoms with van der Waals surface area (Å²) in [6, 6.07) is -0.185. The molecule has 2 aromatic rings. The van der Waals surface area contributed by atoms with Crippen LogP contribution in [0.2, 0.25) is 5.15 Å². The number of aryl methyl sites for hydroxylation is 1. The summed E-state index contributed by atoms with van der Waals surface area (Å²) in [5.41, 5.74) is 0.549. The Hall–Kier alpha value is -1.89. The van der Waals surface area contributed by atoms with E-state index in [1.807, 2.05) is 39.2 Å². The van der Waals surface area contributed by atoms with Gasteiger partial charge in [-0.25, -0.2) is 14.7 Å². The van der Waals surface area contributed by atoms with E-state index >= 15 is 0 Å². The topological polar surface area (TPSA) is 73.1 Å². The summed E-state index contributed by atoms with van der Waals surface area (Å²) in [7, 11) is 0. The van der Waals surface area contributed by atoms with E-state index in [9.17, 15) is 4.79 Å². The molecule has 25 heavy (non-hydrogen) atoms. The molecule has 0 unspecified atom stereocenters. The van der Waals surface area contributed by atoms with Crippen LogP contribution in [0.4, 0.5) is 10.7 Å². The first-order chi connectivity index (χ1) is 11.6. The van der Waals surface area contributed by atoms with Crippen LogP contribution >= 0.6 is 11.6 Å². The Morgan fingerprint density at radius 1 is 1.36 bits per heavy atom. The molecule has 0 atom stereocenters. The number of rotatable bonds is 5. The fourth-order valence-corrected chi connectivity index (χ4v) is 2.54. The van der Waals surface area contributed by atoms with Crippen LogP contribution < -0.4 is 4.90 Å². The van der Waals surface area contributed by atoms with Crippen molar-refractivity contribution in [2.24, 2.45) is 0 Å². The maximum Gasteiger partial charge on any atom is 0.417 e. The molecule has 0 aromatic carbocycles. The van der Waals surface area contributed by atoms with Crippen LogP contribution in [0.5, 0.6) is 0 Å². The number of halogens is 1. The average molecular weight is 368 g/mol. The normalized spacial score (nSPS) is 12.0. The maximum atomic E-state index is 12.6. The molecule has 0 radical (unpaired) electrons. The zero-order chi connectivity index (χ0) is 18.8. The van der Waals surface area contributed by atoms with Gasteiger partial charge in [-0.2, -0.15) is 9.97 Å². The number of nitrogens with zero attached hydrogens (tertiary/aromatic N) is 5. The third-order valence-corrected chi connectivity index (χ3v) is 3.75. The zero-order valence-corrected chi connectivity index (χ0v) is 16.5. The van der Waals surface area contributed by atoms with Crippen molar-refractivity contribution in [2.75, 3.05) is 4.90 Å². The molecule has 1 amide bonds. The van der Waals surface area contributed by atoms with Gasteiger partial charge in [0.05, 0.1) is 6.33 Å². The van der Waals surface area contributed by atoms with E-state index in [0.29, 0.717) is 11.2 Å². The monoisotopic (exact) mass is 367 g/mol. The number of carbonyl (C=O) groups is 1. The van der Waals surface area contributed by atoms with E-state index in [1.54, 1.807) is 6.33 Å². The third kappa shape index (κ3) is 4.60. The second kappa shape index (κ2) is 7.56. The number of unbranched alkanes of at least 4 members (excludes halogenated alkanes) is 1. The van der Waals surface area contributed by atoms with Crippen molar-refractivity contribution in [2.45, 2.75) is 72.6 Å². The third-order valence-electron chi connectivity index (χ3n) is 3.48. The molecule has 0 aliphatic carbocycles. The molecular formula is C17H26ClN5O2. The number of ether oxygens (including phenoxy) is 1. The minimum Gasteiger partial charge on any atom is -0.443 e.